The second kappa shape index (κ2) is 4.88. The molecule has 3 rings (SSSR count). The van der Waals surface area contributed by atoms with Crippen molar-refractivity contribution in [2.75, 3.05) is 31.9 Å². The van der Waals surface area contributed by atoms with Crippen LogP contribution in [-0.4, -0.2) is 50.2 Å². The Bertz CT molecular complexity index is 532. The summed E-state index contributed by atoms with van der Waals surface area (Å²) in [6, 6.07) is 0. The predicted octanol–water partition coefficient (Wildman–Crippen LogP) is 0.0192. The van der Waals surface area contributed by atoms with Gasteiger partial charge in [0.25, 0.3) is 0 Å². The van der Waals surface area contributed by atoms with Gasteiger partial charge in [-0.05, 0) is 0 Å². The van der Waals surface area contributed by atoms with Crippen LogP contribution >= 0.6 is 11.3 Å². The molecule has 1 aromatic heterocycles. The zero-order chi connectivity index (χ0) is 12.6. The molecule has 1 aromatic rings. The lowest BCUT2D eigenvalue weighted by Gasteiger charge is -2.26. The van der Waals surface area contributed by atoms with Crippen LogP contribution in [0.5, 0.6) is 0 Å². The van der Waals surface area contributed by atoms with Crippen LogP contribution in [0.1, 0.15) is 15.6 Å². The molecule has 18 heavy (non-hydrogen) atoms. The summed E-state index contributed by atoms with van der Waals surface area (Å²) in [5.41, 5.74) is 1.01. The number of hydrogen-bond acceptors (Lipinski definition) is 6. The van der Waals surface area contributed by atoms with E-state index in [9.17, 15) is 8.42 Å². The summed E-state index contributed by atoms with van der Waals surface area (Å²) in [5.74, 6) is 0.457. The van der Waals surface area contributed by atoms with Gasteiger partial charge in [0.15, 0.2) is 9.84 Å². The third kappa shape index (κ3) is 2.74. The molecule has 1 saturated heterocycles. The van der Waals surface area contributed by atoms with E-state index in [1.807, 2.05) is 0 Å². The fourth-order valence-electron chi connectivity index (χ4n) is 2.40. The number of nitrogens with one attached hydrogen (secondary N) is 1. The maximum atomic E-state index is 11.6. The van der Waals surface area contributed by atoms with Crippen molar-refractivity contribution in [3.8, 4) is 0 Å². The number of aromatic nitrogens is 1. The van der Waals surface area contributed by atoms with Crippen molar-refractivity contribution in [3.63, 3.8) is 0 Å². The van der Waals surface area contributed by atoms with Crippen LogP contribution in [0, 0.1) is 0 Å². The number of sulfone groups is 1. The lowest BCUT2D eigenvalue weighted by Crippen LogP contribution is -2.42. The first-order chi connectivity index (χ1) is 8.62. The predicted molar refractivity (Wildman–Crippen MR) is 71.5 cm³/mol. The number of hydrogen-bond donors (Lipinski definition) is 1. The Morgan fingerprint density at radius 2 is 2.11 bits per heavy atom. The Hall–Kier alpha value is -0.500. The normalized spacial score (nSPS) is 23.8. The largest absolute Gasteiger partial charge is 0.314 e. The summed E-state index contributed by atoms with van der Waals surface area (Å²) in [6.07, 6.45) is 0.593. The molecule has 7 heteroatoms. The van der Waals surface area contributed by atoms with Gasteiger partial charge < -0.3 is 5.32 Å². The van der Waals surface area contributed by atoms with Crippen LogP contribution in [0.3, 0.4) is 0 Å². The minimum atomic E-state index is -2.87. The molecule has 0 amide bonds. The van der Waals surface area contributed by atoms with E-state index in [1.54, 1.807) is 11.3 Å². The molecular formula is C11H17N3O2S2. The Balaban J connectivity index is 1.73. The first-order valence-electron chi connectivity index (χ1n) is 6.23. The van der Waals surface area contributed by atoms with Crippen LogP contribution in [0.2, 0.25) is 0 Å². The first-order valence-corrected chi connectivity index (χ1v) is 8.87. The highest BCUT2D eigenvalue weighted by atomic mass is 32.2. The quantitative estimate of drug-likeness (QED) is 0.831. The van der Waals surface area contributed by atoms with Gasteiger partial charge >= 0.3 is 0 Å². The molecule has 0 aromatic carbocycles. The van der Waals surface area contributed by atoms with Crippen molar-refractivity contribution in [3.05, 3.63) is 15.6 Å². The van der Waals surface area contributed by atoms with Crippen LogP contribution in [0.4, 0.5) is 0 Å². The van der Waals surface area contributed by atoms with Gasteiger partial charge in [0, 0.05) is 37.5 Å². The smallest absolute Gasteiger partial charge is 0.155 e. The third-order valence-electron chi connectivity index (χ3n) is 3.39. The fraction of sp³-hybridized carbons (Fsp3) is 0.727. The number of thiazole rings is 1. The molecule has 2 aliphatic heterocycles. The molecule has 0 spiro atoms. The molecule has 0 bridgehead atoms. The Morgan fingerprint density at radius 1 is 1.33 bits per heavy atom. The molecule has 0 unspecified atom stereocenters. The van der Waals surface area contributed by atoms with Gasteiger partial charge in [0.1, 0.15) is 5.01 Å². The molecule has 100 valence electrons. The van der Waals surface area contributed by atoms with Gasteiger partial charge in [-0.1, -0.05) is 0 Å². The number of piperazine rings is 1. The van der Waals surface area contributed by atoms with E-state index in [0.717, 1.165) is 48.3 Å². The van der Waals surface area contributed by atoms with Gasteiger partial charge in [-0.2, -0.15) is 0 Å². The van der Waals surface area contributed by atoms with E-state index in [1.165, 1.54) is 0 Å². The monoisotopic (exact) mass is 287 g/mol. The Kier molecular flexibility index (Phi) is 3.40. The highest BCUT2D eigenvalue weighted by Gasteiger charge is 2.25. The third-order valence-corrected chi connectivity index (χ3v) is 6.21. The second-order valence-electron chi connectivity index (χ2n) is 4.85. The highest BCUT2D eigenvalue weighted by Crippen LogP contribution is 2.27. The van der Waals surface area contributed by atoms with Gasteiger partial charge in [-0.25, -0.2) is 13.4 Å². The Labute approximate surface area is 111 Å². The van der Waals surface area contributed by atoms with Gasteiger partial charge in [0.05, 0.1) is 23.7 Å². The van der Waals surface area contributed by atoms with Crippen molar-refractivity contribution in [2.24, 2.45) is 0 Å². The molecule has 0 saturated carbocycles. The second-order valence-corrected chi connectivity index (χ2v) is 8.20. The summed E-state index contributed by atoms with van der Waals surface area (Å²) < 4.78 is 23.1. The molecule has 0 aliphatic carbocycles. The van der Waals surface area contributed by atoms with E-state index in [4.69, 9.17) is 0 Å². The van der Waals surface area contributed by atoms with E-state index in [-0.39, 0.29) is 11.5 Å². The average molecular weight is 287 g/mol. The van der Waals surface area contributed by atoms with Gasteiger partial charge in [-0.15, -0.1) is 11.3 Å². The summed E-state index contributed by atoms with van der Waals surface area (Å²) in [4.78, 5) is 7.94. The lowest BCUT2D eigenvalue weighted by atomic mass is 10.3. The maximum Gasteiger partial charge on any atom is 0.155 e. The van der Waals surface area contributed by atoms with Crippen LogP contribution in [-0.2, 0) is 28.6 Å². The number of fused-ring (bicyclic) bond motifs is 1. The summed E-state index contributed by atoms with van der Waals surface area (Å²) >= 11 is 1.58. The van der Waals surface area contributed by atoms with Gasteiger partial charge in [0.2, 0.25) is 0 Å². The minimum Gasteiger partial charge on any atom is -0.314 e. The molecule has 0 atom stereocenters. The van der Waals surface area contributed by atoms with Crippen molar-refractivity contribution in [1.82, 2.24) is 15.2 Å². The fourth-order valence-corrected chi connectivity index (χ4v) is 5.34. The highest BCUT2D eigenvalue weighted by molar-refractivity contribution is 7.90. The molecule has 0 radical (unpaired) electrons. The van der Waals surface area contributed by atoms with Crippen molar-refractivity contribution in [2.45, 2.75) is 18.7 Å². The first kappa shape index (κ1) is 12.5. The SMILES string of the molecule is O=S1(=O)CCc2nc(CN3CCNCC3)sc2C1. The molecule has 5 nitrogen and oxygen atoms in total. The summed E-state index contributed by atoms with van der Waals surface area (Å²) in [6.45, 7) is 5.00. The molecule has 1 fully saturated rings. The minimum absolute atomic E-state index is 0.196. The molecule has 3 heterocycles. The van der Waals surface area contributed by atoms with E-state index in [0.29, 0.717) is 6.42 Å². The molecule has 2 aliphatic rings. The van der Waals surface area contributed by atoms with Crippen molar-refractivity contribution in [1.29, 1.82) is 0 Å². The van der Waals surface area contributed by atoms with Gasteiger partial charge in [-0.3, -0.25) is 4.90 Å². The zero-order valence-corrected chi connectivity index (χ0v) is 11.8. The van der Waals surface area contributed by atoms with Crippen LogP contribution < -0.4 is 5.32 Å². The van der Waals surface area contributed by atoms with Crippen molar-refractivity contribution < 1.29 is 8.42 Å². The molecule has 1 N–H and O–H groups in total. The maximum absolute atomic E-state index is 11.6. The molecular weight excluding hydrogens is 270 g/mol. The topological polar surface area (TPSA) is 62.3 Å². The number of nitrogens with zero attached hydrogens (tertiary/aromatic N) is 2. The Morgan fingerprint density at radius 3 is 2.89 bits per heavy atom. The van der Waals surface area contributed by atoms with E-state index >= 15 is 0 Å². The summed E-state index contributed by atoms with van der Waals surface area (Å²) in [5, 5.41) is 4.39. The van der Waals surface area contributed by atoms with Crippen molar-refractivity contribution >= 4 is 21.2 Å². The number of rotatable bonds is 2. The van der Waals surface area contributed by atoms with E-state index in [2.05, 4.69) is 15.2 Å². The van der Waals surface area contributed by atoms with E-state index < -0.39 is 9.84 Å². The standard InChI is InChI=1S/C11H17N3O2S2/c15-18(16)6-1-9-10(8-18)17-11(13-9)7-14-4-2-12-3-5-14/h12H,1-8H2. The summed E-state index contributed by atoms with van der Waals surface area (Å²) in [7, 11) is -2.87. The zero-order valence-electron chi connectivity index (χ0n) is 10.2. The lowest BCUT2D eigenvalue weighted by molar-refractivity contribution is 0.233. The number of aryl methyl sites for hydroxylation is 1. The average Bonchev–Trinajstić information content (AvgIpc) is 2.70. The van der Waals surface area contributed by atoms with Crippen LogP contribution in [0.25, 0.3) is 0 Å². The van der Waals surface area contributed by atoms with Crippen LogP contribution in [0.15, 0.2) is 0 Å².